The van der Waals surface area contributed by atoms with E-state index in [1.54, 1.807) is 6.92 Å². The van der Waals surface area contributed by atoms with Crippen LogP contribution in [0.4, 0.5) is 0 Å². The molecule has 0 fully saturated rings. The minimum absolute atomic E-state index is 0.380. The average Bonchev–Trinajstić information content (AvgIpc) is 2.59. The molecular weight excluding hydrogens is 326 g/mol. The maximum atomic E-state index is 11.5. The standard InChI is InChI=1S/C22H43NO3/c1-5-8-11-12-15-21(24)19-23(16-13-9-6-2,17-14-10-7-3)18-20(4)22(25)26/h12,15,20-21,24H,5-11,13-14,16-19H2,1-4H3/p+1/b15-12+. The first-order valence-corrected chi connectivity index (χ1v) is 10.8. The Balaban J connectivity index is 5.16. The minimum atomic E-state index is -0.730. The zero-order chi connectivity index (χ0) is 19.8. The molecule has 2 atom stereocenters. The molecule has 0 saturated heterocycles. The number of unbranched alkanes of at least 4 members (excludes halogenated alkanes) is 6. The highest BCUT2D eigenvalue weighted by atomic mass is 16.4. The van der Waals surface area contributed by atoms with Gasteiger partial charge in [-0.05, 0) is 39.0 Å². The number of hydrogen-bond donors (Lipinski definition) is 2. The van der Waals surface area contributed by atoms with Crippen molar-refractivity contribution in [1.29, 1.82) is 0 Å². The summed E-state index contributed by atoms with van der Waals surface area (Å²) >= 11 is 0. The first kappa shape index (κ1) is 25.1. The molecule has 26 heavy (non-hydrogen) atoms. The fourth-order valence-electron chi connectivity index (χ4n) is 3.64. The number of carbonyl (C=O) groups is 1. The molecular formula is C22H44NO3+. The highest BCUT2D eigenvalue weighted by Crippen LogP contribution is 2.19. The molecule has 2 unspecified atom stereocenters. The Morgan fingerprint density at radius 3 is 1.92 bits per heavy atom. The number of allylic oxidation sites excluding steroid dienone is 1. The number of aliphatic carboxylic acids is 1. The normalized spacial score (nSPS) is 14.7. The Kier molecular flexibility index (Phi) is 14.7. The third-order valence-electron chi connectivity index (χ3n) is 5.21. The van der Waals surface area contributed by atoms with Crippen molar-refractivity contribution in [3.05, 3.63) is 12.2 Å². The van der Waals surface area contributed by atoms with Gasteiger partial charge in [-0.15, -0.1) is 0 Å². The van der Waals surface area contributed by atoms with Crippen molar-refractivity contribution in [2.24, 2.45) is 5.92 Å². The van der Waals surface area contributed by atoms with E-state index in [2.05, 4.69) is 26.8 Å². The quantitative estimate of drug-likeness (QED) is 0.215. The molecule has 0 rings (SSSR count). The van der Waals surface area contributed by atoms with E-state index in [-0.39, 0.29) is 5.92 Å². The summed E-state index contributed by atoms with van der Waals surface area (Å²) < 4.78 is 0.729. The highest BCUT2D eigenvalue weighted by molar-refractivity contribution is 5.69. The molecule has 4 heteroatoms. The highest BCUT2D eigenvalue weighted by Gasteiger charge is 2.33. The molecule has 0 bridgehead atoms. The van der Waals surface area contributed by atoms with Crippen LogP contribution in [-0.4, -0.2) is 52.9 Å². The maximum absolute atomic E-state index is 11.5. The van der Waals surface area contributed by atoms with E-state index in [0.29, 0.717) is 13.1 Å². The van der Waals surface area contributed by atoms with E-state index in [4.69, 9.17) is 0 Å². The number of nitrogens with zero attached hydrogens (tertiary/aromatic N) is 1. The van der Waals surface area contributed by atoms with E-state index in [9.17, 15) is 15.0 Å². The lowest BCUT2D eigenvalue weighted by Crippen LogP contribution is -2.56. The summed E-state index contributed by atoms with van der Waals surface area (Å²) in [5.41, 5.74) is 0. The molecule has 0 aliphatic heterocycles. The second-order valence-corrected chi connectivity index (χ2v) is 7.95. The monoisotopic (exact) mass is 370 g/mol. The van der Waals surface area contributed by atoms with Gasteiger partial charge in [0.25, 0.3) is 0 Å². The molecule has 0 aliphatic carbocycles. The summed E-state index contributed by atoms with van der Waals surface area (Å²) in [6, 6.07) is 0. The molecule has 4 nitrogen and oxygen atoms in total. The lowest BCUT2D eigenvalue weighted by molar-refractivity contribution is -0.932. The summed E-state index contributed by atoms with van der Waals surface area (Å²) in [7, 11) is 0. The van der Waals surface area contributed by atoms with Gasteiger partial charge in [-0.2, -0.15) is 0 Å². The van der Waals surface area contributed by atoms with Gasteiger partial charge in [0.1, 0.15) is 18.6 Å². The van der Waals surface area contributed by atoms with Crippen LogP contribution in [0, 0.1) is 5.92 Å². The van der Waals surface area contributed by atoms with Gasteiger partial charge in [0.05, 0.1) is 19.6 Å². The van der Waals surface area contributed by atoms with Crippen LogP contribution in [0.1, 0.15) is 85.5 Å². The van der Waals surface area contributed by atoms with Crippen molar-refractivity contribution in [3.8, 4) is 0 Å². The summed E-state index contributed by atoms with van der Waals surface area (Å²) in [5, 5.41) is 20.0. The largest absolute Gasteiger partial charge is 0.481 e. The number of quaternary nitrogens is 1. The maximum Gasteiger partial charge on any atom is 0.311 e. The van der Waals surface area contributed by atoms with Gasteiger partial charge >= 0.3 is 5.97 Å². The van der Waals surface area contributed by atoms with E-state index in [1.807, 2.05) is 6.08 Å². The molecule has 0 saturated carbocycles. The second-order valence-electron chi connectivity index (χ2n) is 7.95. The van der Waals surface area contributed by atoms with E-state index < -0.39 is 12.1 Å². The van der Waals surface area contributed by atoms with Crippen LogP contribution in [0.2, 0.25) is 0 Å². The number of rotatable bonds is 17. The third-order valence-corrected chi connectivity index (χ3v) is 5.21. The van der Waals surface area contributed by atoms with Gasteiger partial charge in [0.15, 0.2) is 0 Å². The number of hydrogen-bond acceptors (Lipinski definition) is 2. The van der Waals surface area contributed by atoms with E-state index >= 15 is 0 Å². The molecule has 0 aromatic carbocycles. The average molecular weight is 371 g/mol. The van der Waals surface area contributed by atoms with E-state index in [1.165, 1.54) is 0 Å². The molecule has 0 radical (unpaired) electrons. The van der Waals surface area contributed by atoms with Gasteiger partial charge < -0.3 is 14.7 Å². The van der Waals surface area contributed by atoms with Gasteiger partial charge in [-0.3, -0.25) is 4.79 Å². The topological polar surface area (TPSA) is 57.5 Å². The predicted molar refractivity (Wildman–Crippen MR) is 110 cm³/mol. The van der Waals surface area contributed by atoms with E-state index in [0.717, 1.165) is 75.4 Å². The van der Waals surface area contributed by atoms with Gasteiger partial charge in [0.2, 0.25) is 0 Å². The summed E-state index contributed by atoms with van der Waals surface area (Å²) in [4.78, 5) is 11.5. The Hall–Kier alpha value is -0.870. The van der Waals surface area contributed by atoms with Gasteiger partial charge in [0, 0.05) is 0 Å². The van der Waals surface area contributed by atoms with Crippen molar-refractivity contribution in [3.63, 3.8) is 0 Å². The minimum Gasteiger partial charge on any atom is -0.481 e. The predicted octanol–water partition coefficient (Wildman–Crippen LogP) is 5.01. The first-order chi connectivity index (χ1) is 12.4. The van der Waals surface area contributed by atoms with Crippen molar-refractivity contribution in [2.75, 3.05) is 26.2 Å². The van der Waals surface area contributed by atoms with Crippen LogP contribution in [0.25, 0.3) is 0 Å². The van der Waals surface area contributed by atoms with Crippen molar-refractivity contribution < 1.29 is 19.5 Å². The molecule has 2 N–H and O–H groups in total. The summed E-state index contributed by atoms with van der Waals surface area (Å²) in [6.45, 7) is 11.5. The Morgan fingerprint density at radius 1 is 0.923 bits per heavy atom. The number of carboxylic acid groups (broad SMARTS) is 1. The van der Waals surface area contributed by atoms with Crippen molar-refractivity contribution >= 4 is 5.97 Å². The second kappa shape index (κ2) is 15.2. The SMILES string of the molecule is CCCC/C=C/C(O)C[N+](CCCCC)(CCCCC)CC(C)C(=O)O. The van der Waals surface area contributed by atoms with Crippen LogP contribution < -0.4 is 0 Å². The number of aliphatic hydroxyl groups excluding tert-OH is 1. The van der Waals surface area contributed by atoms with Gasteiger partial charge in [-0.25, -0.2) is 0 Å². The lowest BCUT2D eigenvalue weighted by Gasteiger charge is -2.41. The molecule has 0 amide bonds. The van der Waals surface area contributed by atoms with Crippen molar-refractivity contribution in [1.82, 2.24) is 0 Å². The Bertz CT molecular complexity index is 372. The first-order valence-electron chi connectivity index (χ1n) is 10.8. The Labute approximate surface area is 161 Å². The summed E-state index contributed by atoms with van der Waals surface area (Å²) in [6.07, 6.45) is 13.7. The van der Waals surface area contributed by atoms with Crippen LogP contribution in [-0.2, 0) is 4.79 Å². The zero-order valence-electron chi connectivity index (χ0n) is 17.8. The lowest BCUT2D eigenvalue weighted by atomic mass is 10.1. The molecule has 0 aliphatic rings. The van der Waals surface area contributed by atoms with Gasteiger partial charge in [-0.1, -0.05) is 58.6 Å². The van der Waals surface area contributed by atoms with Crippen molar-refractivity contribution in [2.45, 2.75) is 91.6 Å². The fraction of sp³-hybridized carbons (Fsp3) is 0.864. The fourth-order valence-corrected chi connectivity index (χ4v) is 3.64. The third kappa shape index (κ3) is 11.7. The van der Waals surface area contributed by atoms with Crippen LogP contribution in [0.15, 0.2) is 12.2 Å². The number of carboxylic acids is 1. The summed E-state index contributed by atoms with van der Waals surface area (Å²) in [5.74, 6) is -1.11. The molecule has 0 spiro atoms. The Morgan fingerprint density at radius 2 is 1.46 bits per heavy atom. The zero-order valence-corrected chi connectivity index (χ0v) is 17.8. The molecule has 154 valence electrons. The smallest absolute Gasteiger partial charge is 0.311 e. The van der Waals surface area contributed by atoms with Crippen LogP contribution in [0.3, 0.4) is 0 Å². The molecule has 0 aromatic heterocycles. The van der Waals surface area contributed by atoms with Crippen LogP contribution in [0.5, 0.6) is 0 Å². The molecule has 0 aromatic rings. The molecule has 0 heterocycles. The van der Waals surface area contributed by atoms with Crippen LogP contribution >= 0.6 is 0 Å². The number of aliphatic hydroxyl groups is 1.